The molecule has 9 heteroatoms. The van der Waals surface area contributed by atoms with E-state index in [-0.39, 0.29) is 11.9 Å². The van der Waals surface area contributed by atoms with Crippen LogP contribution in [-0.2, 0) is 0 Å². The number of fused-ring (bicyclic) bond motifs is 1. The van der Waals surface area contributed by atoms with Gasteiger partial charge in [-0.05, 0) is 30.7 Å². The average molecular weight is 339 g/mol. The quantitative estimate of drug-likeness (QED) is 0.741. The summed E-state index contributed by atoms with van der Waals surface area (Å²) in [4.78, 5) is 18.7. The summed E-state index contributed by atoms with van der Waals surface area (Å²) in [5.74, 6) is 0.983. The summed E-state index contributed by atoms with van der Waals surface area (Å²) < 4.78 is 6.79. The number of nitrogens with zero attached hydrogens (tertiary/aromatic N) is 6. The number of amides is 1. The van der Waals surface area contributed by atoms with Crippen molar-refractivity contribution in [2.75, 3.05) is 25.1 Å². The van der Waals surface area contributed by atoms with E-state index >= 15 is 0 Å². The average Bonchev–Trinajstić information content (AvgIpc) is 3.30. The number of carbonyl (C=O) groups excluding carboxylic acids is 1. The zero-order valence-electron chi connectivity index (χ0n) is 13.7. The number of methoxy groups -OCH3 is 1. The normalized spacial score (nSPS) is 17.0. The number of rotatable bonds is 4. The minimum atomic E-state index is -0.181. The van der Waals surface area contributed by atoms with Crippen LogP contribution in [0.25, 0.3) is 5.65 Å². The van der Waals surface area contributed by atoms with Gasteiger partial charge in [0.25, 0.3) is 5.91 Å². The van der Waals surface area contributed by atoms with E-state index in [2.05, 4.69) is 30.5 Å². The Morgan fingerprint density at radius 1 is 1.36 bits per heavy atom. The summed E-state index contributed by atoms with van der Waals surface area (Å²) >= 11 is 0. The first-order valence-corrected chi connectivity index (χ1v) is 7.96. The lowest BCUT2D eigenvalue weighted by atomic mass is 10.2. The number of aromatic nitrogens is 5. The van der Waals surface area contributed by atoms with Gasteiger partial charge in [0.15, 0.2) is 5.65 Å². The minimum Gasteiger partial charge on any atom is -0.480 e. The van der Waals surface area contributed by atoms with E-state index in [0.29, 0.717) is 23.6 Å². The van der Waals surface area contributed by atoms with E-state index in [9.17, 15) is 4.79 Å². The fourth-order valence-corrected chi connectivity index (χ4v) is 2.96. The molecule has 0 aromatic carbocycles. The highest BCUT2D eigenvalue weighted by Gasteiger charge is 2.26. The minimum absolute atomic E-state index is 0.0378. The van der Waals surface area contributed by atoms with Crippen molar-refractivity contribution < 1.29 is 9.53 Å². The summed E-state index contributed by atoms with van der Waals surface area (Å²) in [5, 5.41) is 15.3. The van der Waals surface area contributed by atoms with Gasteiger partial charge in [0, 0.05) is 25.3 Å². The third-order valence-corrected chi connectivity index (χ3v) is 4.20. The van der Waals surface area contributed by atoms with Gasteiger partial charge < -0.3 is 15.0 Å². The molecule has 128 valence electrons. The van der Waals surface area contributed by atoms with Gasteiger partial charge in [-0.2, -0.15) is 4.52 Å². The molecule has 3 aromatic heterocycles. The second kappa shape index (κ2) is 6.34. The molecule has 0 radical (unpaired) electrons. The van der Waals surface area contributed by atoms with Crippen molar-refractivity contribution in [3.05, 3.63) is 42.4 Å². The predicted octanol–water partition coefficient (Wildman–Crippen LogP) is 0.537. The summed E-state index contributed by atoms with van der Waals surface area (Å²) in [6.45, 7) is 1.50. The molecule has 1 saturated heterocycles. The Morgan fingerprint density at radius 3 is 3.16 bits per heavy atom. The van der Waals surface area contributed by atoms with Gasteiger partial charge in [0.2, 0.25) is 5.88 Å². The first-order chi connectivity index (χ1) is 12.2. The highest BCUT2D eigenvalue weighted by Crippen LogP contribution is 2.19. The smallest absolute Gasteiger partial charge is 0.257 e. The van der Waals surface area contributed by atoms with Gasteiger partial charge >= 0.3 is 0 Å². The summed E-state index contributed by atoms with van der Waals surface area (Å²) in [6.07, 6.45) is 4.01. The molecule has 4 rings (SSSR count). The van der Waals surface area contributed by atoms with Gasteiger partial charge in [0.05, 0.1) is 7.11 Å². The molecule has 0 spiro atoms. The number of pyridine rings is 1. The molecule has 4 heterocycles. The van der Waals surface area contributed by atoms with E-state index < -0.39 is 0 Å². The lowest BCUT2D eigenvalue weighted by molar-refractivity contribution is 0.0936. The zero-order chi connectivity index (χ0) is 17.2. The molecule has 1 aliphatic heterocycles. The second-order valence-electron chi connectivity index (χ2n) is 5.79. The third-order valence-electron chi connectivity index (χ3n) is 4.20. The topological polar surface area (TPSA) is 97.5 Å². The molecule has 0 unspecified atom stereocenters. The number of ether oxygens (including phenoxy) is 1. The van der Waals surface area contributed by atoms with E-state index in [1.54, 1.807) is 29.2 Å². The summed E-state index contributed by atoms with van der Waals surface area (Å²) in [7, 11) is 1.50. The van der Waals surface area contributed by atoms with Crippen LogP contribution in [0.15, 0.2) is 36.8 Å². The van der Waals surface area contributed by atoms with Crippen LogP contribution < -0.4 is 15.0 Å². The first-order valence-electron chi connectivity index (χ1n) is 7.96. The monoisotopic (exact) mass is 339 g/mol. The zero-order valence-corrected chi connectivity index (χ0v) is 13.7. The molecule has 3 aromatic rings. The van der Waals surface area contributed by atoms with Crippen molar-refractivity contribution in [2.45, 2.75) is 12.5 Å². The van der Waals surface area contributed by atoms with Crippen molar-refractivity contribution in [3.8, 4) is 5.88 Å². The van der Waals surface area contributed by atoms with E-state index in [1.807, 2.05) is 12.1 Å². The van der Waals surface area contributed by atoms with Crippen molar-refractivity contribution in [1.29, 1.82) is 0 Å². The van der Waals surface area contributed by atoms with E-state index in [1.165, 1.54) is 7.11 Å². The molecular weight excluding hydrogens is 322 g/mol. The number of anilines is 1. The third kappa shape index (κ3) is 2.95. The van der Waals surface area contributed by atoms with Crippen LogP contribution in [0.5, 0.6) is 5.88 Å². The van der Waals surface area contributed by atoms with Gasteiger partial charge in [-0.25, -0.2) is 4.98 Å². The fourth-order valence-electron chi connectivity index (χ4n) is 2.96. The largest absolute Gasteiger partial charge is 0.480 e. The molecule has 25 heavy (non-hydrogen) atoms. The maximum Gasteiger partial charge on any atom is 0.257 e. The molecule has 0 bridgehead atoms. The van der Waals surface area contributed by atoms with Crippen LogP contribution in [0.4, 0.5) is 5.82 Å². The molecule has 1 N–H and O–H groups in total. The van der Waals surface area contributed by atoms with Crippen LogP contribution in [-0.4, -0.2) is 56.9 Å². The summed E-state index contributed by atoms with van der Waals surface area (Å²) in [5.41, 5.74) is 1.14. The lowest BCUT2D eigenvalue weighted by Crippen LogP contribution is -2.37. The van der Waals surface area contributed by atoms with Crippen LogP contribution in [0.3, 0.4) is 0 Å². The summed E-state index contributed by atoms with van der Waals surface area (Å²) in [6, 6.07) is 7.25. The van der Waals surface area contributed by atoms with Crippen LogP contribution in [0.2, 0.25) is 0 Å². The number of hydrogen-bond donors (Lipinski definition) is 1. The SMILES string of the molecule is COc1ncccc1C(=O)N[C@H]1CCN(c2ccc3nncn3n2)C1. The Hall–Kier alpha value is -3.23. The number of hydrogen-bond acceptors (Lipinski definition) is 7. The van der Waals surface area contributed by atoms with Crippen LogP contribution in [0, 0.1) is 0 Å². The first kappa shape index (κ1) is 15.3. The van der Waals surface area contributed by atoms with Gasteiger partial charge in [-0.15, -0.1) is 15.3 Å². The van der Waals surface area contributed by atoms with E-state index in [4.69, 9.17) is 4.74 Å². The Morgan fingerprint density at radius 2 is 2.28 bits per heavy atom. The second-order valence-corrected chi connectivity index (χ2v) is 5.79. The number of carbonyl (C=O) groups is 1. The molecule has 1 fully saturated rings. The number of nitrogens with one attached hydrogen (secondary N) is 1. The Kier molecular flexibility index (Phi) is 3.88. The highest BCUT2D eigenvalue weighted by molar-refractivity contribution is 5.96. The standard InChI is InChI=1S/C16H17N7O2/c1-25-16-12(3-2-7-17-16)15(24)19-11-6-8-22(9-11)14-5-4-13-20-18-10-23(13)21-14/h2-5,7,10-11H,6,8-9H2,1H3,(H,19,24)/t11-/m0/s1. The van der Waals surface area contributed by atoms with Crippen molar-refractivity contribution in [3.63, 3.8) is 0 Å². The highest BCUT2D eigenvalue weighted by atomic mass is 16.5. The van der Waals surface area contributed by atoms with Crippen LogP contribution >= 0.6 is 0 Å². The van der Waals surface area contributed by atoms with Crippen molar-refractivity contribution in [1.82, 2.24) is 30.1 Å². The Balaban J connectivity index is 1.44. The maximum absolute atomic E-state index is 12.5. The lowest BCUT2D eigenvalue weighted by Gasteiger charge is -2.18. The molecule has 1 atom stereocenters. The molecule has 9 nitrogen and oxygen atoms in total. The Labute approximate surface area is 143 Å². The molecule has 0 saturated carbocycles. The van der Waals surface area contributed by atoms with Crippen LogP contribution in [0.1, 0.15) is 16.8 Å². The maximum atomic E-state index is 12.5. The molecule has 0 aliphatic carbocycles. The van der Waals surface area contributed by atoms with Crippen molar-refractivity contribution >= 4 is 17.4 Å². The van der Waals surface area contributed by atoms with Gasteiger partial charge in [0.1, 0.15) is 17.7 Å². The predicted molar refractivity (Wildman–Crippen MR) is 89.7 cm³/mol. The van der Waals surface area contributed by atoms with E-state index in [0.717, 1.165) is 18.8 Å². The fraction of sp³-hybridized carbons (Fsp3) is 0.312. The Bertz CT molecular complexity index is 910. The molecule has 1 aliphatic rings. The van der Waals surface area contributed by atoms with Gasteiger partial charge in [-0.1, -0.05) is 0 Å². The van der Waals surface area contributed by atoms with Crippen molar-refractivity contribution in [2.24, 2.45) is 0 Å². The molecule has 1 amide bonds. The van der Waals surface area contributed by atoms with Gasteiger partial charge in [-0.3, -0.25) is 4.79 Å². The molecular formula is C16H17N7O2.